The molecule has 0 fully saturated rings. The fourth-order valence-electron chi connectivity index (χ4n) is 1.30. The van der Waals surface area contributed by atoms with Gasteiger partial charge in [0.25, 0.3) is 0 Å². The van der Waals surface area contributed by atoms with E-state index in [0.717, 1.165) is 12.1 Å². The third-order valence-corrected chi connectivity index (χ3v) is 2.79. The Morgan fingerprint density at radius 1 is 1.31 bits per heavy atom. The Morgan fingerprint density at radius 3 is 2.31 bits per heavy atom. The molecule has 0 aliphatic carbocycles. The summed E-state index contributed by atoms with van der Waals surface area (Å²) in [7, 11) is 1.96. The van der Waals surface area contributed by atoms with Crippen LogP contribution in [0.1, 0.15) is 32.2 Å². The number of hydrogen-bond acceptors (Lipinski definition) is 2. The molecule has 0 amide bonds. The summed E-state index contributed by atoms with van der Waals surface area (Å²) in [5, 5.41) is 8.04. The molecule has 0 bridgehead atoms. The summed E-state index contributed by atoms with van der Waals surface area (Å²) in [6.45, 7) is 8.81. The van der Waals surface area contributed by atoms with E-state index in [1.54, 1.807) is 0 Å². The molecular formula is C10H19N3. The number of rotatable bonds is 3. The highest BCUT2D eigenvalue weighted by Gasteiger charge is 2.13. The van der Waals surface area contributed by atoms with Gasteiger partial charge in [-0.3, -0.25) is 4.68 Å². The Kier molecular flexibility index (Phi) is 3.07. The minimum absolute atomic E-state index is 0.691. The van der Waals surface area contributed by atoms with Gasteiger partial charge >= 0.3 is 0 Å². The molecule has 0 aromatic carbocycles. The molecule has 0 N–H and O–H groups in total. The lowest BCUT2D eigenvalue weighted by atomic mass is 9.93. The molecule has 0 saturated heterocycles. The maximum atomic E-state index is 4.04. The molecule has 1 heterocycles. The summed E-state index contributed by atoms with van der Waals surface area (Å²) in [6, 6.07) is 0. The summed E-state index contributed by atoms with van der Waals surface area (Å²) in [5.41, 5.74) is 2.33. The van der Waals surface area contributed by atoms with Gasteiger partial charge in [0.15, 0.2) is 0 Å². The summed E-state index contributed by atoms with van der Waals surface area (Å²) >= 11 is 0. The van der Waals surface area contributed by atoms with Crippen molar-refractivity contribution in [2.24, 2.45) is 18.9 Å². The maximum Gasteiger partial charge on any atom is 0.0828 e. The minimum atomic E-state index is 0.691. The van der Waals surface area contributed by atoms with E-state index in [0.29, 0.717) is 11.8 Å². The van der Waals surface area contributed by atoms with Crippen molar-refractivity contribution in [2.75, 3.05) is 0 Å². The lowest BCUT2D eigenvalue weighted by molar-refractivity contribution is 0.406. The first kappa shape index (κ1) is 10.2. The average Bonchev–Trinajstić information content (AvgIpc) is 2.35. The third kappa shape index (κ3) is 2.29. The third-order valence-electron chi connectivity index (χ3n) is 2.79. The summed E-state index contributed by atoms with van der Waals surface area (Å²) < 4.78 is 1.88. The van der Waals surface area contributed by atoms with Gasteiger partial charge in [-0.05, 0) is 25.2 Å². The number of nitrogens with zero attached hydrogens (tertiary/aromatic N) is 3. The number of aryl methyl sites for hydroxylation is 2. The molecule has 1 aromatic rings. The van der Waals surface area contributed by atoms with Crippen molar-refractivity contribution >= 4 is 0 Å². The van der Waals surface area contributed by atoms with E-state index >= 15 is 0 Å². The van der Waals surface area contributed by atoms with Gasteiger partial charge in [0.2, 0.25) is 0 Å². The molecule has 3 nitrogen and oxygen atoms in total. The van der Waals surface area contributed by atoms with Gasteiger partial charge < -0.3 is 0 Å². The van der Waals surface area contributed by atoms with Crippen LogP contribution in [0.15, 0.2) is 0 Å². The highest BCUT2D eigenvalue weighted by atomic mass is 15.4. The summed E-state index contributed by atoms with van der Waals surface area (Å²) in [4.78, 5) is 0. The van der Waals surface area contributed by atoms with Crippen molar-refractivity contribution in [2.45, 2.75) is 34.1 Å². The summed E-state index contributed by atoms with van der Waals surface area (Å²) in [6.07, 6.45) is 1.08. The Morgan fingerprint density at radius 2 is 1.92 bits per heavy atom. The van der Waals surface area contributed by atoms with Crippen LogP contribution < -0.4 is 0 Å². The van der Waals surface area contributed by atoms with Crippen molar-refractivity contribution in [3.05, 3.63) is 11.4 Å². The highest BCUT2D eigenvalue weighted by molar-refractivity contribution is 5.08. The molecule has 0 aliphatic rings. The zero-order valence-corrected chi connectivity index (χ0v) is 9.20. The molecule has 3 heteroatoms. The molecule has 0 spiro atoms. The van der Waals surface area contributed by atoms with Gasteiger partial charge in [0.05, 0.1) is 11.4 Å². The van der Waals surface area contributed by atoms with Crippen LogP contribution >= 0.6 is 0 Å². The van der Waals surface area contributed by atoms with Crippen LogP contribution in [0, 0.1) is 18.8 Å². The number of hydrogen-bond donors (Lipinski definition) is 0. The molecule has 0 radical (unpaired) electrons. The van der Waals surface area contributed by atoms with Gasteiger partial charge in [0, 0.05) is 7.05 Å². The van der Waals surface area contributed by atoms with Gasteiger partial charge in [-0.25, -0.2) is 0 Å². The van der Waals surface area contributed by atoms with Crippen LogP contribution in [0.3, 0.4) is 0 Å². The van der Waals surface area contributed by atoms with E-state index in [4.69, 9.17) is 0 Å². The molecule has 74 valence electrons. The molecular weight excluding hydrogens is 162 g/mol. The van der Waals surface area contributed by atoms with E-state index in [9.17, 15) is 0 Å². The minimum Gasteiger partial charge on any atom is -0.252 e. The zero-order chi connectivity index (χ0) is 10.0. The summed E-state index contributed by atoms with van der Waals surface area (Å²) in [5.74, 6) is 1.41. The van der Waals surface area contributed by atoms with E-state index in [-0.39, 0.29) is 0 Å². The molecule has 1 unspecified atom stereocenters. The number of aromatic nitrogens is 3. The second-order valence-corrected chi connectivity index (χ2v) is 4.17. The first-order valence-corrected chi connectivity index (χ1v) is 4.87. The normalized spacial score (nSPS) is 13.7. The van der Waals surface area contributed by atoms with Crippen molar-refractivity contribution in [3.63, 3.8) is 0 Å². The Bertz CT molecular complexity index is 256. The van der Waals surface area contributed by atoms with Crippen molar-refractivity contribution in [3.8, 4) is 0 Å². The fraction of sp³-hybridized carbons (Fsp3) is 0.800. The lowest BCUT2D eigenvalue weighted by Gasteiger charge is -2.15. The molecule has 1 atom stereocenters. The smallest absolute Gasteiger partial charge is 0.0828 e. The van der Waals surface area contributed by atoms with Gasteiger partial charge in [-0.2, -0.15) is 0 Å². The average molecular weight is 181 g/mol. The van der Waals surface area contributed by atoms with Gasteiger partial charge in [-0.15, -0.1) is 5.10 Å². The van der Waals surface area contributed by atoms with E-state index in [1.165, 1.54) is 5.69 Å². The van der Waals surface area contributed by atoms with Crippen molar-refractivity contribution < 1.29 is 0 Å². The van der Waals surface area contributed by atoms with Crippen LogP contribution in [0.25, 0.3) is 0 Å². The predicted molar refractivity (Wildman–Crippen MR) is 53.4 cm³/mol. The Balaban J connectivity index is 2.73. The van der Waals surface area contributed by atoms with Gasteiger partial charge in [-0.1, -0.05) is 26.0 Å². The van der Waals surface area contributed by atoms with Crippen molar-refractivity contribution in [1.29, 1.82) is 0 Å². The second kappa shape index (κ2) is 3.90. The molecule has 13 heavy (non-hydrogen) atoms. The Labute approximate surface area is 80.1 Å². The van der Waals surface area contributed by atoms with Crippen LogP contribution in [0.2, 0.25) is 0 Å². The SMILES string of the molecule is Cc1nnn(C)c1CC(C)C(C)C. The quantitative estimate of drug-likeness (QED) is 0.713. The van der Waals surface area contributed by atoms with Crippen LogP contribution in [-0.4, -0.2) is 15.0 Å². The van der Waals surface area contributed by atoms with E-state index in [1.807, 2.05) is 18.7 Å². The van der Waals surface area contributed by atoms with Gasteiger partial charge in [0.1, 0.15) is 0 Å². The van der Waals surface area contributed by atoms with Crippen LogP contribution in [0.5, 0.6) is 0 Å². The monoisotopic (exact) mass is 181 g/mol. The predicted octanol–water partition coefficient (Wildman–Crippen LogP) is 1.96. The topological polar surface area (TPSA) is 30.7 Å². The second-order valence-electron chi connectivity index (χ2n) is 4.17. The lowest BCUT2D eigenvalue weighted by Crippen LogP contribution is -2.11. The molecule has 1 aromatic heterocycles. The van der Waals surface area contributed by atoms with Crippen molar-refractivity contribution in [1.82, 2.24) is 15.0 Å². The fourth-order valence-corrected chi connectivity index (χ4v) is 1.30. The van der Waals surface area contributed by atoms with Crippen LogP contribution in [0.4, 0.5) is 0 Å². The molecule has 0 aliphatic heterocycles. The maximum absolute atomic E-state index is 4.04. The highest BCUT2D eigenvalue weighted by Crippen LogP contribution is 2.17. The first-order chi connectivity index (χ1) is 6.02. The van der Waals surface area contributed by atoms with Crippen LogP contribution in [-0.2, 0) is 13.5 Å². The molecule has 1 rings (SSSR count). The molecule has 0 saturated carbocycles. The Hall–Kier alpha value is -0.860. The first-order valence-electron chi connectivity index (χ1n) is 4.87. The standard InChI is InChI=1S/C10H19N3/c1-7(2)8(3)6-10-9(4)11-12-13(10)5/h7-8H,6H2,1-5H3. The van der Waals surface area contributed by atoms with E-state index in [2.05, 4.69) is 31.1 Å². The zero-order valence-electron chi connectivity index (χ0n) is 9.20. The largest absolute Gasteiger partial charge is 0.252 e. The van der Waals surface area contributed by atoms with E-state index < -0.39 is 0 Å².